The molecule has 0 unspecified atom stereocenters. The molecule has 0 aromatic heterocycles. The molecule has 3 fully saturated rings. The minimum atomic E-state index is 0.0995. The molecule has 3 rings (SSSR count). The Morgan fingerprint density at radius 2 is 1.94 bits per heavy atom. The molecule has 1 saturated heterocycles. The lowest BCUT2D eigenvalue weighted by molar-refractivity contribution is 0.100. The van der Waals surface area contributed by atoms with Crippen molar-refractivity contribution in [2.45, 2.75) is 58.6 Å². The average Bonchev–Trinajstić information content (AvgIpc) is 2.88. The summed E-state index contributed by atoms with van der Waals surface area (Å²) in [5, 5.41) is 0.945. The van der Waals surface area contributed by atoms with Crippen molar-refractivity contribution in [2.24, 2.45) is 22.2 Å². The van der Waals surface area contributed by atoms with Gasteiger partial charge >= 0.3 is 0 Å². The fraction of sp³-hybridized carbons (Fsp3) is 0.929. The second kappa shape index (κ2) is 3.66. The van der Waals surface area contributed by atoms with Crippen LogP contribution in [0.4, 0.5) is 0 Å². The van der Waals surface area contributed by atoms with Crippen LogP contribution in [-0.2, 0) is 4.74 Å². The average molecular weight is 253 g/mol. The van der Waals surface area contributed by atoms with Gasteiger partial charge in [-0.2, -0.15) is 0 Å². The first-order chi connectivity index (χ1) is 7.93. The molecule has 0 N–H and O–H groups in total. The zero-order valence-electron chi connectivity index (χ0n) is 11.3. The second-order valence-corrected chi connectivity index (χ2v) is 7.66. The summed E-state index contributed by atoms with van der Waals surface area (Å²) >= 11 is 1.79. The number of thioether (sulfide) groups is 1. The summed E-state index contributed by atoms with van der Waals surface area (Å²) in [4.78, 5) is 5.05. The first-order valence-electron chi connectivity index (χ1n) is 6.83. The van der Waals surface area contributed by atoms with E-state index in [1.807, 2.05) is 0 Å². The lowest BCUT2D eigenvalue weighted by atomic mass is 9.64. The van der Waals surface area contributed by atoms with Crippen LogP contribution in [0.1, 0.15) is 47.0 Å². The highest BCUT2D eigenvalue weighted by Gasteiger charge is 2.60. The molecule has 2 aliphatic carbocycles. The van der Waals surface area contributed by atoms with Crippen LogP contribution in [-0.4, -0.2) is 22.6 Å². The van der Waals surface area contributed by atoms with Crippen LogP contribution in [0.15, 0.2) is 4.99 Å². The molecule has 2 bridgehead atoms. The molecule has 96 valence electrons. The topological polar surface area (TPSA) is 21.6 Å². The van der Waals surface area contributed by atoms with Crippen LogP contribution < -0.4 is 0 Å². The third kappa shape index (κ3) is 1.57. The van der Waals surface area contributed by atoms with Crippen molar-refractivity contribution in [1.82, 2.24) is 0 Å². The van der Waals surface area contributed by atoms with Crippen molar-refractivity contribution in [3.63, 3.8) is 0 Å². The van der Waals surface area contributed by atoms with E-state index in [0.717, 1.165) is 22.8 Å². The SMILES string of the molecule is C[C@@H]1CSC(=N[C@]2(C)[C@@H]3CC[C@@H](C3)C2(C)C)O1. The Labute approximate surface area is 109 Å². The van der Waals surface area contributed by atoms with E-state index in [0.29, 0.717) is 11.5 Å². The third-order valence-corrected chi connectivity index (χ3v) is 6.69. The summed E-state index contributed by atoms with van der Waals surface area (Å²) in [6.07, 6.45) is 4.48. The van der Waals surface area contributed by atoms with Crippen LogP contribution in [0.3, 0.4) is 0 Å². The highest BCUT2D eigenvalue weighted by Crippen LogP contribution is 2.63. The maximum Gasteiger partial charge on any atom is 0.246 e. The quantitative estimate of drug-likeness (QED) is 0.710. The molecule has 0 aromatic rings. The summed E-state index contributed by atoms with van der Waals surface area (Å²) in [5.41, 5.74) is 0.432. The number of hydrogen-bond acceptors (Lipinski definition) is 3. The summed E-state index contributed by atoms with van der Waals surface area (Å²) in [7, 11) is 0. The molecule has 17 heavy (non-hydrogen) atoms. The lowest BCUT2D eigenvalue weighted by Crippen LogP contribution is -2.45. The molecule has 0 radical (unpaired) electrons. The standard InChI is InChI=1S/C14H23NOS/c1-9-8-17-12(16-9)15-14(4)11-6-5-10(7-11)13(14,2)3/h9-11H,5-8H2,1-4H3/t9-,10+,11-,14-/m1/s1. The maximum atomic E-state index is 5.80. The Balaban J connectivity index is 1.91. The van der Waals surface area contributed by atoms with E-state index in [4.69, 9.17) is 9.73 Å². The molecule has 2 nitrogen and oxygen atoms in total. The minimum absolute atomic E-state index is 0.0995. The van der Waals surface area contributed by atoms with E-state index in [1.165, 1.54) is 19.3 Å². The maximum absolute atomic E-state index is 5.80. The van der Waals surface area contributed by atoms with Gasteiger partial charge in [-0.25, -0.2) is 4.99 Å². The van der Waals surface area contributed by atoms with Gasteiger partial charge < -0.3 is 4.74 Å². The summed E-state index contributed by atoms with van der Waals surface area (Å²) in [6.45, 7) is 9.30. The summed E-state index contributed by atoms with van der Waals surface area (Å²) in [5.74, 6) is 2.70. The van der Waals surface area contributed by atoms with Gasteiger partial charge in [0.25, 0.3) is 0 Å². The number of aliphatic imine (C=N–C) groups is 1. The second-order valence-electron chi connectivity index (χ2n) is 6.69. The van der Waals surface area contributed by atoms with E-state index in [9.17, 15) is 0 Å². The van der Waals surface area contributed by atoms with Crippen molar-refractivity contribution in [2.75, 3.05) is 5.75 Å². The Bertz CT molecular complexity index is 365. The van der Waals surface area contributed by atoms with Crippen LogP contribution >= 0.6 is 11.8 Å². The van der Waals surface area contributed by atoms with Crippen molar-refractivity contribution >= 4 is 17.0 Å². The fourth-order valence-corrected chi connectivity index (χ4v) is 4.93. The zero-order chi connectivity index (χ0) is 12.3. The van der Waals surface area contributed by atoms with Gasteiger partial charge in [0, 0.05) is 5.75 Å². The van der Waals surface area contributed by atoms with E-state index < -0.39 is 0 Å². The third-order valence-electron chi connectivity index (χ3n) is 5.62. The molecule has 3 heteroatoms. The van der Waals surface area contributed by atoms with E-state index in [-0.39, 0.29) is 5.54 Å². The normalized spacial score (nSPS) is 49.9. The molecular weight excluding hydrogens is 230 g/mol. The van der Waals surface area contributed by atoms with Crippen molar-refractivity contribution in [3.8, 4) is 0 Å². The Morgan fingerprint density at radius 1 is 1.24 bits per heavy atom. The van der Waals surface area contributed by atoms with Gasteiger partial charge in [-0.05, 0) is 50.4 Å². The van der Waals surface area contributed by atoms with Crippen molar-refractivity contribution in [3.05, 3.63) is 0 Å². The molecule has 4 atom stereocenters. The molecule has 0 spiro atoms. The molecule has 1 aliphatic heterocycles. The summed E-state index contributed by atoms with van der Waals surface area (Å²) < 4.78 is 5.80. The predicted molar refractivity (Wildman–Crippen MR) is 73.5 cm³/mol. The van der Waals surface area contributed by atoms with Gasteiger partial charge in [-0.15, -0.1) is 0 Å². The first kappa shape index (κ1) is 11.9. The Morgan fingerprint density at radius 3 is 2.47 bits per heavy atom. The molecule has 1 heterocycles. The monoisotopic (exact) mass is 253 g/mol. The van der Waals surface area contributed by atoms with Crippen LogP contribution in [0.2, 0.25) is 0 Å². The highest BCUT2D eigenvalue weighted by molar-refractivity contribution is 8.13. The number of hydrogen-bond donors (Lipinski definition) is 0. The molecule has 0 amide bonds. The summed E-state index contributed by atoms with van der Waals surface area (Å²) in [6, 6.07) is 0. The highest BCUT2D eigenvalue weighted by atomic mass is 32.2. The van der Waals surface area contributed by atoms with E-state index >= 15 is 0 Å². The molecule has 0 aromatic carbocycles. The molecular formula is C14H23NOS. The predicted octanol–water partition coefficient (Wildman–Crippen LogP) is 3.71. The first-order valence-corrected chi connectivity index (χ1v) is 7.81. The Kier molecular flexibility index (Phi) is 2.56. The number of nitrogens with zero attached hydrogens (tertiary/aromatic N) is 1. The van der Waals surface area contributed by atoms with Gasteiger partial charge in [0.05, 0.1) is 5.54 Å². The zero-order valence-corrected chi connectivity index (χ0v) is 12.1. The number of rotatable bonds is 1. The van der Waals surface area contributed by atoms with Crippen molar-refractivity contribution in [1.29, 1.82) is 0 Å². The number of fused-ring (bicyclic) bond motifs is 2. The van der Waals surface area contributed by atoms with Gasteiger partial charge in [-0.1, -0.05) is 25.6 Å². The van der Waals surface area contributed by atoms with Crippen LogP contribution in [0.25, 0.3) is 0 Å². The van der Waals surface area contributed by atoms with E-state index in [1.54, 1.807) is 11.8 Å². The fourth-order valence-electron chi connectivity index (χ4n) is 4.00. The van der Waals surface area contributed by atoms with Crippen molar-refractivity contribution < 1.29 is 4.74 Å². The Hall–Kier alpha value is -0.180. The largest absolute Gasteiger partial charge is 0.469 e. The molecule has 2 saturated carbocycles. The smallest absolute Gasteiger partial charge is 0.246 e. The van der Waals surface area contributed by atoms with Crippen LogP contribution in [0, 0.1) is 17.3 Å². The van der Waals surface area contributed by atoms with Gasteiger partial charge in [0.1, 0.15) is 6.10 Å². The van der Waals surface area contributed by atoms with Gasteiger partial charge in [0.15, 0.2) is 0 Å². The van der Waals surface area contributed by atoms with E-state index in [2.05, 4.69) is 27.7 Å². The van der Waals surface area contributed by atoms with Gasteiger partial charge in [0.2, 0.25) is 5.23 Å². The van der Waals surface area contributed by atoms with Gasteiger partial charge in [-0.3, -0.25) is 0 Å². The number of ether oxygens (including phenoxy) is 1. The minimum Gasteiger partial charge on any atom is -0.469 e. The van der Waals surface area contributed by atoms with Crippen LogP contribution in [0.5, 0.6) is 0 Å². The lowest BCUT2D eigenvalue weighted by Gasteiger charge is -2.44. The molecule has 3 aliphatic rings.